The first-order chi connectivity index (χ1) is 6.62. The van der Waals surface area contributed by atoms with E-state index in [0.717, 1.165) is 0 Å². The van der Waals surface area contributed by atoms with Gasteiger partial charge in [0.25, 0.3) is 0 Å². The third-order valence-corrected chi connectivity index (χ3v) is 3.87. The van der Waals surface area contributed by atoms with Crippen LogP contribution in [0.2, 0.25) is 0 Å². The van der Waals surface area contributed by atoms with Crippen molar-refractivity contribution in [2.75, 3.05) is 7.05 Å². The van der Waals surface area contributed by atoms with E-state index in [1.165, 1.54) is 25.7 Å². The average molecular weight is 203 g/mol. The second kappa shape index (κ2) is 3.76. The van der Waals surface area contributed by atoms with Gasteiger partial charge in [-0.15, -0.1) is 0 Å². The van der Waals surface area contributed by atoms with E-state index in [9.17, 15) is 8.78 Å². The number of hydrogen-bond donors (Lipinski definition) is 1. The molecule has 0 spiro atoms. The molecule has 0 radical (unpaired) electrons. The van der Waals surface area contributed by atoms with Crippen molar-refractivity contribution in [3.8, 4) is 0 Å². The van der Waals surface area contributed by atoms with E-state index in [-0.39, 0.29) is 18.8 Å². The fourth-order valence-electron chi connectivity index (χ4n) is 3.13. The Morgan fingerprint density at radius 2 is 1.71 bits per heavy atom. The van der Waals surface area contributed by atoms with Gasteiger partial charge < -0.3 is 5.32 Å². The summed E-state index contributed by atoms with van der Waals surface area (Å²) >= 11 is 0. The monoisotopic (exact) mass is 203 g/mol. The fourth-order valence-corrected chi connectivity index (χ4v) is 3.13. The molecule has 2 saturated carbocycles. The van der Waals surface area contributed by atoms with Gasteiger partial charge in [-0.1, -0.05) is 12.8 Å². The lowest BCUT2D eigenvalue weighted by Gasteiger charge is -2.42. The van der Waals surface area contributed by atoms with Gasteiger partial charge in [-0.25, -0.2) is 8.78 Å². The van der Waals surface area contributed by atoms with E-state index in [1.807, 2.05) is 7.05 Å². The third-order valence-electron chi connectivity index (χ3n) is 3.87. The second-order valence-electron chi connectivity index (χ2n) is 4.88. The topological polar surface area (TPSA) is 12.0 Å². The molecule has 2 aliphatic carbocycles. The maximum absolute atomic E-state index is 12.7. The molecular weight excluding hydrogens is 184 g/mol. The van der Waals surface area contributed by atoms with Crippen LogP contribution in [0.25, 0.3) is 0 Å². The maximum atomic E-state index is 12.7. The van der Waals surface area contributed by atoms with Crippen molar-refractivity contribution < 1.29 is 8.78 Å². The molecule has 1 N–H and O–H groups in total. The van der Waals surface area contributed by atoms with Crippen molar-refractivity contribution in [1.29, 1.82) is 0 Å². The highest BCUT2D eigenvalue weighted by molar-refractivity contribution is 4.96. The number of nitrogens with one attached hydrogen (secondary N) is 1. The Kier molecular flexibility index (Phi) is 2.78. The molecular formula is C11H19F2N. The van der Waals surface area contributed by atoms with E-state index < -0.39 is 5.92 Å². The summed E-state index contributed by atoms with van der Waals surface area (Å²) in [7, 11) is 1.92. The molecule has 3 heteroatoms. The van der Waals surface area contributed by atoms with E-state index in [0.29, 0.717) is 12.0 Å². The Bertz CT molecular complexity index is 191. The Balaban J connectivity index is 1.87. The normalized spacial score (nSPS) is 30.2. The molecule has 0 aromatic heterocycles. The summed E-state index contributed by atoms with van der Waals surface area (Å²) in [6.07, 6.45) is 5.24. The molecule has 0 aliphatic heterocycles. The van der Waals surface area contributed by atoms with Gasteiger partial charge in [0, 0.05) is 18.9 Å². The van der Waals surface area contributed by atoms with Crippen molar-refractivity contribution in [2.45, 2.75) is 50.5 Å². The molecule has 1 unspecified atom stereocenters. The van der Waals surface area contributed by atoms with Crippen LogP contribution in [0, 0.1) is 11.8 Å². The molecule has 1 nitrogen and oxygen atoms in total. The van der Waals surface area contributed by atoms with Crippen LogP contribution in [-0.2, 0) is 0 Å². The highest BCUT2D eigenvalue weighted by atomic mass is 19.3. The van der Waals surface area contributed by atoms with Crippen molar-refractivity contribution in [1.82, 2.24) is 5.32 Å². The van der Waals surface area contributed by atoms with Crippen LogP contribution < -0.4 is 5.32 Å². The predicted molar refractivity (Wildman–Crippen MR) is 52.5 cm³/mol. The van der Waals surface area contributed by atoms with E-state index in [4.69, 9.17) is 0 Å². The Morgan fingerprint density at radius 1 is 1.14 bits per heavy atom. The number of halogens is 2. The number of hydrogen-bond acceptors (Lipinski definition) is 1. The smallest absolute Gasteiger partial charge is 0.248 e. The number of alkyl halides is 2. The van der Waals surface area contributed by atoms with Crippen LogP contribution in [0.3, 0.4) is 0 Å². The van der Waals surface area contributed by atoms with E-state index >= 15 is 0 Å². The standard InChI is InChI=1S/C11H19F2N/c1-14-10(8-4-2-3-5-8)9-6-11(12,13)7-9/h8-10,14H,2-7H2,1H3. The molecule has 2 rings (SSSR count). The lowest BCUT2D eigenvalue weighted by molar-refractivity contribution is -0.123. The molecule has 0 aromatic rings. The van der Waals surface area contributed by atoms with Crippen LogP contribution in [0.5, 0.6) is 0 Å². The lowest BCUT2D eigenvalue weighted by atomic mass is 9.72. The second-order valence-corrected chi connectivity index (χ2v) is 4.88. The highest BCUT2D eigenvalue weighted by Gasteiger charge is 2.49. The zero-order chi connectivity index (χ0) is 10.2. The van der Waals surface area contributed by atoms with Gasteiger partial charge in [-0.05, 0) is 31.7 Å². The minimum absolute atomic E-state index is 0.106. The molecule has 0 aromatic carbocycles. The number of rotatable bonds is 3. The SMILES string of the molecule is CNC(C1CCCC1)C1CC(F)(F)C1. The lowest BCUT2D eigenvalue weighted by Crippen LogP contribution is -2.49. The first-order valence-electron chi connectivity index (χ1n) is 5.67. The van der Waals surface area contributed by atoms with Crippen LogP contribution >= 0.6 is 0 Å². The van der Waals surface area contributed by atoms with Crippen LogP contribution in [0.15, 0.2) is 0 Å². The zero-order valence-electron chi connectivity index (χ0n) is 8.73. The largest absolute Gasteiger partial charge is 0.316 e. The van der Waals surface area contributed by atoms with E-state index in [1.54, 1.807) is 0 Å². The predicted octanol–water partition coefficient (Wildman–Crippen LogP) is 2.81. The van der Waals surface area contributed by atoms with E-state index in [2.05, 4.69) is 5.32 Å². The van der Waals surface area contributed by atoms with Gasteiger partial charge >= 0.3 is 0 Å². The van der Waals surface area contributed by atoms with Crippen LogP contribution in [-0.4, -0.2) is 19.0 Å². The maximum Gasteiger partial charge on any atom is 0.248 e. The van der Waals surface area contributed by atoms with Gasteiger partial charge in [-0.2, -0.15) is 0 Å². The van der Waals surface area contributed by atoms with Gasteiger partial charge in [0.05, 0.1) is 0 Å². The van der Waals surface area contributed by atoms with Gasteiger partial charge in [0.15, 0.2) is 0 Å². The van der Waals surface area contributed by atoms with Crippen molar-refractivity contribution in [3.05, 3.63) is 0 Å². The summed E-state index contributed by atoms with van der Waals surface area (Å²) < 4.78 is 25.5. The first-order valence-corrected chi connectivity index (χ1v) is 5.67. The quantitative estimate of drug-likeness (QED) is 0.743. The average Bonchev–Trinajstić information content (AvgIpc) is 2.55. The van der Waals surface area contributed by atoms with Crippen molar-refractivity contribution in [2.24, 2.45) is 11.8 Å². The van der Waals surface area contributed by atoms with Crippen molar-refractivity contribution >= 4 is 0 Å². The Labute approximate surface area is 84.3 Å². The molecule has 2 fully saturated rings. The first kappa shape index (κ1) is 10.3. The molecule has 0 heterocycles. The van der Waals surface area contributed by atoms with Gasteiger partial charge in [0.1, 0.15) is 0 Å². The summed E-state index contributed by atoms with van der Waals surface area (Å²) in [5.41, 5.74) is 0. The summed E-state index contributed by atoms with van der Waals surface area (Å²) in [4.78, 5) is 0. The molecule has 14 heavy (non-hydrogen) atoms. The van der Waals surface area contributed by atoms with Gasteiger partial charge in [0.2, 0.25) is 5.92 Å². The van der Waals surface area contributed by atoms with Crippen molar-refractivity contribution in [3.63, 3.8) is 0 Å². The molecule has 0 saturated heterocycles. The van der Waals surface area contributed by atoms with Crippen LogP contribution in [0.4, 0.5) is 8.78 Å². The summed E-state index contributed by atoms with van der Waals surface area (Å²) in [6.45, 7) is 0. The highest BCUT2D eigenvalue weighted by Crippen LogP contribution is 2.47. The van der Waals surface area contributed by atoms with Gasteiger partial charge in [-0.3, -0.25) is 0 Å². The fraction of sp³-hybridized carbons (Fsp3) is 1.00. The minimum atomic E-state index is -2.36. The summed E-state index contributed by atoms with van der Waals surface area (Å²) in [6, 6.07) is 0.345. The molecule has 0 bridgehead atoms. The molecule has 82 valence electrons. The van der Waals surface area contributed by atoms with Crippen LogP contribution in [0.1, 0.15) is 38.5 Å². The molecule has 1 atom stereocenters. The Morgan fingerprint density at radius 3 is 2.14 bits per heavy atom. The Hall–Kier alpha value is -0.180. The third kappa shape index (κ3) is 1.92. The minimum Gasteiger partial charge on any atom is -0.316 e. The zero-order valence-corrected chi connectivity index (χ0v) is 8.73. The molecule has 0 amide bonds. The molecule has 2 aliphatic rings. The summed E-state index contributed by atoms with van der Waals surface area (Å²) in [5.74, 6) is -1.49. The summed E-state index contributed by atoms with van der Waals surface area (Å²) in [5, 5.41) is 3.25.